The van der Waals surface area contributed by atoms with Crippen molar-refractivity contribution in [1.29, 1.82) is 10.5 Å². The Morgan fingerprint density at radius 3 is 2.62 bits per heavy atom. The Morgan fingerprint density at radius 2 is 1.93 bits per heavy atom. The number of nitriles is 2. The highest BCUT2D eigenvalue weighted by Crippen LogP contribution is 2.52. The first-order valence-corrected chi connectivity index (χ1v) is 15.5. The van der Waals surface area contributed by atoms with Gasteiger partial charge in [0.25, 0.3) is 0 Å². The van der Waals surface area contributed by atoms with E-state index in [1.807, 2.05) is 23.6 Å². The average molecular weight is 636 g/mol. The number of hydrogen-bond donors (Lipinski definition) is 2. The minimum Gasteiger partial charge on any atom is -0.462 e. The number of ether oxygens (including phenoxy) is 2. The number of thioether (sulfide) groups is 1. The number of benzene rings is 2. The number of esters is 1. The van der Waals surface area contributed by atoms with E-state index >= 15 is 0 Å². The fourth-order valence-electron chi connectivity index (χ4n) is 5.49. The first kappa shape index (κ1) is 29.6. The lowest BCUT2D eigenvalue weighted by atomic mass is 9.68. The van der Waals surface area contributed by atoms with E-state index in [0.29, 0.717) is 33.1 Å². The topological polar surface area (TPSA) is 151 Å². The fraction of sp³-hybridized carbons (Fsp3) is 0.121. The smallest absolute Gasteiger partial charge is 0.339 e. The molecule has 2 aromatic heterocycles. The minimum atomic E-state index is -1.92. The van der Waals surface area contributed by atoms with E-state index in [9.17, 15) is 24.5 Å². The molecule has 0 fully saturated rings. The molecular formula is C33H22FN5O4S2. The van der Waals surface area contributed by atoms with Crippen LogP contribution < -0.4 is 11.1 Å². The van der Waals surface area contributed by atoms with Gasteiger partial charge in [0.2, 0.25) is 11.8 Å². The van der Waals surface area contributed by atoms with Crippen LogP contribution in [0.2, 0.25) is 0 Å². The van der Waals surface area contributed by atoms with Gasteiger partial charge in [0.05, 0.1) is 28.5 Å². The molecule has 2 aliphatic heterocycles. The lowest BCUT2D eigenvalue weighted by Gasteiger charge is -2.34. The predicted octanol–water partition coefficient (Wildman–Crippen LogP) is 6.01. The maximum absolute atomic E-state index is 13.8. The maximum atomic E-state index is 13.8. The molecule has 1 atom stereocenters. The van der Waals surface area contributed by atoms with Gasteiger partial charge in [0.1, 0.15) is 39.9 Å². The summed E-state index contributed by atoms with van der Waals surface area (Å²) in [7, 11) is 0. The van der Waals surface area contributed by atoms with Crippen LogP contribution in [0.3, 0.4) is 0 Å². The third kappa shape index (κ3) is 4.90. The average Bonchev–Trinajstić information content (AvgIpc) is 3.67. The molecule has 2 aromatic carbocycles. The van der Waals surface area contributed by atoms with Crippen molar-refractivity contribution in [2.24, 2.45) is 5.73 Å². The number of nitrogens with zero attached hydrogens (tertiary/aromatic N) is 3. The van der Waals surface area contributed by atoms with Crippen molar-refractivity contribution >= 4 is 40.7 Å². The van der Waals surface area contributed by atoms with Gasteiger partial charge in [-0.15, -0.1) is 11.3 Å². The molecular weight excluding hydrogens is 614 g/mol. The number of halogens is 1. The molecule has 4 aromatic rings. The van der Waals surface area contributed by atoms with Gasteiger partial charge in [-0.2, -0.15) is 10.5 Å². The van der Waals surface area contributed by atoms with Crippen LogP contribution in [-0.2, 0) is 24.5 Å². The Labute approximate surface area is 265 Å². The van der Waals surface area contributed by atoms with Gasteiger partial charge in [-0.25, -0.2) is 14.2 Å². The number of anilines is 1. The van der Waals surface area contributed by atoms with Gasteiger partial charge in [0.15, 0.2) is 5.41 Å². The van der Waals surface area contributed by atoms with Crippen LogP contribution in [-0.4, -0.2) is 29.2 Å². The second-order valence-electron chi connectivity index (χ2n) is 9.84. The van der Waals surface area contributed by atoms with E-state index in [0.717, 1.165) is 16.6 Å². The van der Waals surface area contributed by atoms with Crippen LogP contribution >= 0.6 is 23.1 Å². The van der Waals surface area contributed by atoms with E-state index in [-0.39, 0.29) is 40.7 Å². The molecule has 0 saturated heterocycles. The van der Waals surface area contributed by atoms with Crippen LogP contribution in [0.15, 0.2) is 99.9 Å². The number of carbonyl (C=O) groups is 2. The van der Waals surface area contributed by atoms with E-state index in [1.54, 1.807) is 49.4 Å². The molecule has 0 bridgehead atoms. The normalized spacial score (nSPS) is 16.9. The number of thiophene rings is 1. The largest absolute Gasteiger partial charge is 0.462 e. The molecule has 0 radical (unpaired) electrons. The lowest BCUT2D eigenvalue weighted by Crippen LogP contribution is -2.46. The summed E-state index contributed by atoms with van der Waals surface area (Å²) in [6, 6.07) is 22.3. The Kier molecular flexibility index (Phi) is 7.85. The van der Waals surface area contributed by atoms with Gasteiger partial charge in [0, 0.05) is 16.8 Å². The zero-order valence-electron chi connectivity index (χ0n) is 23.6. The quantitative estimate of drug-likeness (QED) is 0.184. The first-order chi connectivity index (χ1) is 21.8. The molecule has 4 heterocycles. The monoisotopic (exact) mass is 635 g/mol. The Morgan fingerprint density at radius 1 is 1.16 bits per heavy atom. The number of amides is 1. The van der Waals surface area contributed by atoms with Crippen molar-refractivity contribution in [2.75, 3.05) is 17.7 Å². The van der Waals surface area contributed by atoms with E-state index in [2.05, 4.69) is 11.4 Å². The molecule has 12 heteroatoms. The summed E-state index contributed by atoms with van der Waals surface area (Å²) in [5, 5.41) is 25.5. The van der Waals surface area contributed by atoms with Gasteiger partial charge >= 0.3 is 5.97 Å². The van der Waals surface area contributed by atoms with Crippen molar-refractivity contribution < 1.29 is 23.5 Å². The molecule has 45 heavy (non-hydrogen) atoms. The third-order valence-electron chi connectivity index (χ3n) is 7.39. The molecule has 3 N–H and O–H groups in total. The number of nitrogens with one attached hydrogen (secondary N) is 1. The SMILES string of the molecule is CCOC(=O)C1=C(CSc2nc(-c3cccs3)cc(-c3ccc(F)cc3)c2C#N)OC(N)=C(C#N)[C@@]12C(=O)Nc1ccccc12. The number of pyridine rings is 1. The third-order valence-corrected chi connectivity index (χ3v) is 9.25. The van der Waals surface area contributed by atoms with Crippen molar-refractivity contribution in [3.63, 3.8) is 0 Å². The van der Waals surface area contributed by atoms with Crippen molar-refractivity contribution in [3.8, 4) is 33.8 Å². The zero-order valence-corrected chi connectivity index (χ0v) is 25.2. The molecule has 222 valence electrons. The second kappa shape index (κ2) is 11.9. The van der Waals surface area contributed by atoms with E-state index < -0.39 is 23.1 Å². The molecule has 0 unspecified atom stereocenters. The van der Waals surface area contributed by atoms with Crippen LogP contribution in [0.4, 0.5) is 10.1 Å². The number of para-hydroxylation sites is 1. The summed E-state index contributed by atoms with van der Waals surface area (Å²) in [6.45, 7) is 1.62. The van der Waals surface area contributed by atoms with Crippen LogP contribution in [0.5, 0.6) is 0 Å². The Balaban J connectivity index is 1.52. The minimum absolute atomic E-state index is 0.00674. The van der Waals surface area contributed by atoms with E-state index in [1.165, 1.54) is 23.5 Å². The first-order valence-electron chi connectivity index (χ1n) is 13.6. The Bertz CT molecular complexity index is 2010. The number of carbonyl (C=O) groups excluding carboxylic acids is 2. The number of rotatable bonds is 7. The summed E-state index contributed by atoms with van der Waals surface area (Å²) in [4.78, 5) is 33.1. The van der Waals surface area contributed by atoms with E-state index in [4.69, 9.17) is 20.2 Å². The Hall–Kier alpha value is -5.43. The van der Waals surface area contributed by atoms with Gasteiger partial charge in [-0.05, 0) is 48.2 Å². The highest BCUT2D eigenvalue weighted by atomic mass is 32.2. The second-order valence-corrected chi connectivity index (χ2v) is 11.8. The van der Waals surface area contributed by atoms with Crippen molar-refractivity contribution in [2.45, 2.75) is 17.4 Å². The number of aromatic nitrogens is 1. The molecule has 6 rings (SSSR count). The summed E-state index contributed by atoms with van der Waals surface area (Å²) in [6.07, 6.45) is 0. The molecule has 0 saturated carbocycles. The molecule has 2 aliphatic rings. The van der Waals surface area contributed by atoms with Gasteiger partial charge < -0.3 is 20.5 Å². The number of hydrogen-bond acceptors (Lipinski definition) is 10. The highest BCUT2D eigenvalue weighted by molar-refractivity contribution is 7.99. The van der Waals surface area contributed by atoms with Crippen LogP contribution in [0.25, 0.3) is 21.7 Å². The summed E-state index contributed by atoms with van der Waals surface area (Å²) in [5.74, 6) is -2.37. The summed E-state index contributed by atoms with van der Waals surface area (Å²) >= 11 is 2.55. The van der Waals surface area contributed by atoms with Gasteiger partial charge in [-0.1, -0.05) is 48.2 Å². The van der Waals surface area contributed by atoms with Crippen LogP contribution in [0.1, 0.15) is 18.1 Å². The molecule has 1 spiro atoms. The number of nitrogens with two attached hydrogens (primary N) is 1. The standard InChI is InChI=1S/C33H22FN5O4S2/c1-2-42-31(40)28-26(43-29(37)23(16-36)33(28)22-6-3-4-7-24(22)39-32(33)41)17-45-30-21(15-35)20(18-9-11-19(34)12-10-18)14-25(38-30)27-8-5-13-44-27/h3-14H,2,17,37H2,1H3,(H,39,41)/t33-/m1/s1. The lowest BCUT2D eigenvalue weighted by molar-refractivity contribution is -0.140. The summed E-state index contributed by atoms with van der Waals surface area (Å²) in [5.41, 5.74) is 6.67. The summed E-state index contributed by atoms with van der Waals surface area (Å²) < 4.78 is 25.1. The number of fused-ring (bicyclic) bond motifs is 2. The fourth-order valence-corrected chi connectivity index (χ4v) is 7.11. The molecule has 9 nitrogen and oxygen atoms in total. The zero-order chi connectivity index (χ0) is 31.7. The van der Waals surface area contributed by atoms with Gasteiger partial charge in [-0.3, -0.25) is 4.79 Å². The molecule has 1 amide bonds. The van der Waals surface area contributed by atoms with Crippen molar-refractivity contribution in [1.82, 2.24) is 4.98 Å². The molecule has 0 aliphatic carbocycles. The highest BCUT2D eigenvalue weighted by Gasteiger charge is 2.60. The van der Waals surface area contributed by atoms with Crippen molar-refractivity contribution in [3.05, 3.63) is 112 Å². The van der Waals surface area contributed by atoms with Crippen LogP contribution in [0, 0.1) is 28.5 Å². The predicted molar refractivity (Wildman–Crippen MR) is 167 cm³/mol. The maximum Gasteiger partial charge on any atom is 0.339 e.